The summed E-state index contributed by atoms with van der Waals surface area (Å²) in [5.74, 6) is -0.664. The van der Waals surface area contributed by atoms with E-state index in [0.29, 0.717) is 11.1 Å². The van der Waals surface area contributed by atoms with Gasteiger partial charge in [-0.15, -0.1) is 13.2 Å². The van der Waals surface area contributed by atoms with E-state index in [9.17, 15) is 26.4 Å². The smallest absolute Gasteiger partial charge is 0.406 e. The molecule has 2 aromatic rings. The van der Waals surface area contributed by atoms with Crippen LogP contribution in [0.2, 0.25) is 0 Å². The number of halogens is 3. The number of amides is 1. The second kappa shape index (κ2) is 8.19. The van der Waals surface area contributed by atoms with Crippen LogP contribution in [-0.4, -0.2) is 32.6 Å². The molecule has 1 atom stereocenters. The Morgan fingerprint density at radius 2 is 1.79 bits per heavy atom. The fraction of sp³-hybridized carbons (Fsp3) is 0.278. The van der Waals surface area contributed by atoms with Gasteiger partial charge in [-0.3, -0.25) is 4.79 Å². The molecule has 6 nitrogen and oxygen atoms in total. The molecule has 28 heavy (non-hydrogen) atoms. The lowest BCUT2D eigenvalue weighted by molar-refractivity contribution is -0.274. The molecule has 0 bridgehead atoms. The van der Waals surface area contributed by atoms with Crippen LogP contribution in [0.15, 0.2) is 53.4 Å². The van der Waals surface area contributed by atoms with E-state index in [4.69, 9.17) is 5.14 Å². The quantitative estimate of drug-likeness (QED) is 0.784. The number of hydrogen-bond acceptors (Lipinski definition) is 4. The van der Waals surface area contributed by atoms with E-state index >= 15 is 0 Å². The molecule has 2 N–H and O–H groups in total. The van der Waals surface area contributed by atoms with Crippen molar-refractivity contribution in [2.24, 2.45) is 5.14 Å². The first-order valence-corrected chi connectivity index (χ1v) is 9.64. The van der Waals surface area contributed by atoms with Gasteiger partial charge in [-0.25, -0.2) is 13.6 Å². The molecule has 0 saturated heterocycles. The number of carbonyl (C=O) groups is 1. The first kappa shape index (κ1) is 21.7. The third-order valence-electron chi connectivity index (χ3n) is 4.16. The van der Waals surface area contributed by atoms with E-state index in [1.807, 2.05) is 0 Å². The number of hydrogen-bond donors (Lipinski definition) is 1. The van der Waals surface area contributed by atoms with Gasteiger partial charge in [0.15, 0.2) is 0 Å². The molecule has 10 heteroatoms. The third kappa shape index (κ3) is 5.96. The molecule has 0 heterocycles. The van der Waals surface area contributed by atoms with Gasteiger partial charge >= 0.3 is 6.36 Å². The molecule has 2 aromatic carbocycles. The highest BCUT2D eigenvalue weighted by atomic mass is 32.2. The van der Waals surface area contributed by atoms with Gasteiger partial charge < -0.3 is 9.64 Å². The summed E-state index contributed by atoms with van der Waals surface area (Å²) in [5, 5.41) is 5.13. The summed E-state index contributed by atoms with van der Waals surface area (Å²) >= 11 is 0. The van der Waals surface area contributed by atoms with E-state index in [-0.39, 0.29) is 23.0 Å². The molecule has 0 spiro atoms. The number of rotatable bonds is 6. The molecule has 0 aliphatic rings. The predicted molar refractivity (Wildman–Crippen MR) is 95.8 cm³/mol. The van der Waals surface area contributed by atoms with Crippen molar-refractivity contribution in [3.8, 4) is 5.75 Å². The number of alkyl halides is 3. The minimum absolute atomic E-state index is 0.0397. The minimum atomic E-state index is -4.78. The molecule has 0 saturated carbocycles. The SMILES string of the molecule is CC(c1cccc(S(N)(=O)=O)c1)N(C)C(=O)Cc1ccc(OC(F)(F)F)cc1. The number of ether oxygens (including phenoxy) is 1. The van der Waals surface area contributed by atoms with Gasteiger partial charge in [0.05, 0.1) is 17.4 Å². The summed E-state index contributed by atoms with van der Waals surface area (Å²) in [7, 11) is -2.31. The minimum Gasteiger partial charge on any atom is -0.406 e. The Labute approximate surface area is 160 Å². The van der Waals surface area contributed by atoms with Crippen molar-refractivity contribution in [2.45, 2.75) is 30.6 Å². The Balaban J connectivity index is 2.08. The van der Waals surface area contributed by atoms with Gasteiger partial charge in [0.25, 0.3) is 0 Å². The summed E-state index contributed by atoms with van der Waals surface area (Å²) in [6.07, 6.45) is -4.82. The zero-order valence-corrected chi connectivity index (χ0v) is 15.9. The zero-order chi connectivity index (χ0) is 21.1. The monoisotopic (exact) mass is 416 g/mol. The number of nitrogens with zero attached hydrogens (tertiary/aromatic N) is 1. The Bertz CT molecular complexity index is 944. The molecule has 152 valence electrons. The summed E-state index contributed by atoms with van der Waals surface area (Å²) in [4.78, 5) is 13.9. The molecule has 0 fully saturated rings. The fourth-order valence-electron chi connectivity index (χ4n) is 2.50. The number of carbonyl (C=O) groups excluding carboxylic acids is 1. The lowest BCUT2D eigenvalue weighted by Gasteiger charge is -2.26. The van der Waals surface area contributed by atoms with Crippen molar-refractivity contribution in [3.05, 3.63) is 59.7 Å². The first-order valence-electron chi connectivity index (χ1n) is 8.10. The van der Waals surface area contributed by atoms with Crippen LogP contribution in [-0.2, 0) is 21.2 Å². The van der Waals surface area contributed by atoms with Crippen LogP contribution in [0, 0.1) is 0 Å². The predicted octanol–water partition coefficient (Wildman–Crippen LogP) is 2.99. The van der Waals surface area contributed by atoms with Gasteiger partial charge in [-0.2, -0.15) is 0 Å². The molecule has 0 radical (unpaired) electrons. The van der Waals surface area contributed by atoms with E-state index in [2.05, 4.69) is 4.74 Å². The summed E-state index contributed by atoms with van der Waals surface area (Å²) in [6.45, 7) is 1.72. The number of sulfonamides is 1. The van der Waals surface area contributed by atoms with Crippen molar-refractivity contribution in [3.63, 3.8) is 0 Å². The van der Waals surface area contributed by atoms with E-state index in [0.717, 1.165) is 12.1 Å². The van der Waals surface area contributed by atoms with Crippen molar-refractivity contribution < 1.29 is 31.1 Å². The Morgan fingerprint density at radius 3 is 2.32 bits per heavy atom. The fourth-order valence-corrected chi connectivity index (χ4v) is 3.07. The second-order valence-corrected chi connectivity index (χ2v) is 7.73. The van der Waals surface area contributed by atoms with Crippen molar-refractivity contribution in [1.82, 2.24) is 4.90 Å². The van der Waals surface area contributed by atoms with Crippen LogP contribution >= 0.6 is 0 Å². The maximum Gasteiger partial charge on any atom is 0.573 e. The van der Waals surface area contributed by atoms with Crippen LogP contribution in [0.25, 0.3) is 0 Å². The number of nitrogens with two attached hydrogens (primary N) is 1. The number of primary sulfonamides is 1. The van der Waals surface area contributed by atoms with Crippen LogP contribution in [0.1, 0.15) is 24.1 Å². The van der Waals surface area contributed by atoms with E-state index in [1.165, 1.54) is 35.2 Å². The highest BCUT2D eigenvalue weighted by Gasteiger charge is 2.31. The molecule has 1 amide bonds. The van der Waals surface area contributed by atoms with Gasteiger partial charge in [-0.05, 0) is 42.3 Å². The molecular weight excluding hydrogens is 397 g/mol. The zero-order valence-electron chi connectivity index (χ0n) is 15.1. The average molecular weight is 416 g/mol. The van der Waals surface area contributed by atoms with Crippen LogP contribution in [0.4, 0.5) is 13.2 Å². The Kier molecular flexibility index (Phi) is 6.35. The van der Waals surface area contributed by atoms with Gasteiger partial charge in [0.2, 0.25) is 15.9 Å². The molecule has 0 aromatic heterocycles. The molecule has 2 rings (SSSR count). The normalized spacial score (nSPS) is 13.1. The summed E-state index contributed by atoms with van der Waals surface area (Å²) in [6, 6.07) is 10.5. The van der Waals surface area contributed by atoms with E-state index in [1.54, 1.807) is 20.0 Å². The highest BCUT2D eigenvalue weighted by Crippen LogP contribution is 2.24. The van der Waals surface area contributed by atoms with Crippen molar-refractivity contribution in [2.75, 3.05) is 7.05 Å². The largest absolute Gasteiger partial charge is 0.573 e. The molecule has 0 aliphatic carbocycles. The molecule has 0 aliphatic heterocycles. The van der Waals surface area contributed by atoms with Crippen LogP contribution in [0.3, 0.4) is 0 Å². The first-order chi connectivity index (χ1) is 12.9. The van der Waals surface area contributed by atoms with E-state index < -0.39 is 22.4 Å². The molecule has 1 unspecified atom stereocenters. The maximum atomic E-state index is 12.5. The van der Waals surface area contributed by atoms with Crippen molar-refractivity contribution >= 4 is 15.9 Å². The standard InChI is InChI=1S/C18H19F3N2O4S/c1-12(14-4-3-5-16(11-14)28(22,25)26)23(2)17(24)10-13-6-8-15(9-7-13)27-18(19,20)21/h3-9,11-12H,10H2,1-2H3,(H2,22,25,26). The second-order valence-electron chi connectivity index (χ2n) is 6.17. The Morgan fingerprint density at radius 1 is 1.18 bits per heavy atom. The lowest BCUT2D eigenvalue weighted by Crippen LogP contribution is -2.31. The lowest BCUT2D eigenvalue weighted by atomic mass is 10.1. The highest BCUT2D eigenvalue weighted by molar-refractivity contribution is 7.89. The average Bonchev–Trinajstić information content (AvgIpc) is 2.60. The van der Waals surface area contributed by atoms with Crippen molar-refractivity contribution in [1.29, 1.82) is 0 Å². The summed E-state index contributed by atoms with van der Waals surface area (Å²) in [5.41, 5.74) is 1.09. The summed E-state index contributed by atoms with van der Waals surface area (Å²) < 4.78 is 63.3. The van der Waals surface area contributed by atoms with Gasteiger partial charge in [0.1, 0.15) is 5.75 Å². The van der Waals surface area contributed by atoms with Crippen LogP contribution in [0.5, 0.6) is 5.75 Å². The van der Waals surface area contributed by atoms with Crippen LogP contribution < -0.4 is 9.88 Å². The van der Waals surface area contributed by atoms with Gasteiger partial charge in [0, 0.05) is 7.05 Å². The number of benzene rings is 2. The molecular formula is C18H19F3N2O4S. The van der Waals surface area contributed by atoms with Gasteiger partial charge in [-0.1, -0.05) is 24.3 Å². The Hall–Kier alpha value is -2.59. The number of likely N-dealkylation sites (N-methyl/N-ethyl adjacent to an activating group) is 1. The topological polar surface area (TPSA) is 89.7 Å². The maximum absolute atomic E-state index is 12.5. The third-order valence-corrected chi connectivity index (χ3v) is 5.07.